The van der Waals surface area contributed by atoms with Crippen molar-refractivity contribution in [3.63, 3.8) is 0 Å². The Hall–Kier alpha value is -1.51. The van der Waals surface area contributed by atoms with Crippen LogP contribution in [0, 0.1) is 0 Å². The predicted molar refractivity (Wildman–Crippen MR) is 81.0 cm³/mol. The lowest BCUT2D eigenvalue weighted by Crippen LogP contribution is -2.38. The summed E-state index contributed by atoms with van der Waals surface area (Å²) in [5.41, 5.74) is 1.16. The molecule has 0 saturated heterocycles. The fraction of sp³-hybridized carbons (Fsp3) is 0.588. The molecule has 2 rings (SSSR count). The van der Waals surface area contributed by atoms with Gasteiger partial charge in [-0.3, -0.25) is 4.79 Å². The predicted octanol–water partition coefficient (Wildman–Crippen LogP) is 3.42. The summed E-state index contributed by atoms with van der Waals surface area (Å²) in [6.07, 6.45) is 7.55. The maximum absolute atomic E-state index is 12.3. The molecule has 0 radical (unpaired) electrons. The highest BCUT2D eigenvalue weighted by molar-refractivity contribution is 5.76. The molecule has 0 heterocycles. The van der Waals surface area contributed by atoms with E-state index in [0.29, 0.717) is 12.5 Å². The average Bonchev–Trinajstić information content (AvgIpc) is 2.53. The van der Waals surface area contributed by atoms with Crippen LogP contribution in [0.1, 0.15) is 44.1 Å². The van der Waals surface area contributed by atoms with Crippen molar-refractivity contribution >= 4 is 5.91 Å². The molecule has 1 aliphatic carbocycles. The summed E-state index contributed by atoms with van der Waals surface area (Å²) in [6.45, 7) is 0. The van der Waals surface area contributed by atoms with Gasteiger partial charge in [-0.15, -0.1) is 0 Å². The van der Waals surface area contributed by atoms with Crippen LogP contribution >= 0.6 is 0 Å². The normalized spacial score (nSPS) is 15.9. The lowest BCUT2D eigenvalue weighted by atomic mass is 9.94. The Morgan fingerprint density at radius 1 is 1.30 bits per heavy atom. The first kappa shape index (κ1) is 14.9. The van der Waals surface area contributed by atoms with E-state index in [1.807, 2.05) is 30.1 Å². The van der Waals surface area contributed by atoms with E-state index in [1.165, 1.54) is 32.1 Å². The Labute approximate surface area is 121 Å². The van der Waals surface area contributed by atoms with Gasteiger partial charge in [-0.05, 0) is 37.0 Å². The van der Waals surface area contributed by atoms with Gasteiger partial charge in [0.25, 0.3) is 0 Å². The van der Waals surface area contributed by atoms with Crippen molar-refractivity contribution in [3.8, 4) is 5.75 Å². The molecule has 1 aromatic carbocycles. The molecule has 0 unspecified atom stereocenters. The van der Waals surface area contributed by atoms with Crippen molar-refractivity contribution in [2.75, 3.05) is 14.2 Å². The third-order valence-electron chi connectivity index (χ3n) is 4.28. The summed E-state index contributed by atoms with van der Waals surface area (Å²) < 4.78 is 5.21. The van der Waals surface area contributed by atoms with Gasteiger partial charge < -0.3 is 9.64 Å². The number of ether oxygens (including phenoxy) is 1. The van der Waals surface area contributed by atoms with Crippen LogP contribution in [0.2, 0.25) is 0 Å². The van der Waals surface area contributed by atoms with E-state index < -0.39 is 0 Å². The number of carbonyl (C=O) groups excluding carboxylic acids is 1. The number of amides is 1. The van der Waals surface area contributed by atoms with Crippen LogP contribution in [0.5, 0.6) is 5.75 Å². The monoisotopic (exact) mass is 275 g/mol. The van der Waals surface area contributed by atoms with Gasteiger partial charge in [0.1, 0.15) is 5.75 Å². The molecule has 0 aliphatic heterocycles. The molecule has 0 spiro atoms. The van der Waals surface area contributed by atoms with E-state index in [4.69, 9.17) is 4.74 Å². The third-order valence-corrected chi connectivity index (χ3v) is 4.28. The van der Waals surface area contributed by atoms with E-state index in [1.54, 1.807) is 7.11 Å². The van der Waals surface area contributed by atoms with Gasteiger partial charge in [0.15, 0.2) is 0 Å². The van der Waals surface area contributed by atoms with Crippen molar-refractivity contribution in [1.82, 2.24) is 4.90 Å². The number of hydrogen-bond donors (Lipinski definition) is 0. The summed E-state index contributed by atoms with van der Waals surface area (Å²) >= 11 is 0. The van der Waals surface area contributed by atoms with Crippen molar-refractivity contribution in [2.24, 2.45) is 0 Å². The van der Waals surface area contributed by atoms with Gasteiger partial charge in [-0.2, -0.15) is 0 Å². The zero-order chi connectivity index (χ0) is 14.4. The summed E-state index contributed by atoms with van der Waals surface area (Å²) in [7, 11) is 3.63. The second kappa shape index (κ2) is 7.32. The minimum atomic E-state index is 0.264. The number of aryl methyl sites for hydroxylation is 1. The number of nitrogens with zero attached hydrogens (tertiary/aromatic N) is 1. The Morgan fingerprint density at radius 2 is 2.05 bits per heavy atom. The summed E-state index contributed by atoms with van der Waals surface area (Å²) in [5, 5.41) is 0. The highest BCUT2D eigenvalue weighted by atomic mass is 16.5. The van der Waals surface area contributed by atoms with Gasteiger partial charge in [0.2, 0.25) is 5.91 Å². The minimum absolute atomic E-state index is 0.264. The molecule has 3 heteroatoms. The number of carbonyl (C=O) groups is 1. The molecule has 0 N–H and O–H groups in total. The van der Waals surface area contributed by atoms with E-state index in [0.717, 1.165) is 17.7 Å². The quantitative estimate of drug-likeness (QED) is 0.824. The van der Waals surface area contributed by atoms with Gasteiger partial charge in [-0.25, -0.2) is 0 Å². The highest BCUT2D eigenvalue weighted by Crippen LogP contribution is 2.22. The second-order valence-corrected chi connectivity index (χ2v) is 5.65. The van der Waals surface area contributed by atoms with Crippen LogP contribution in [-0.2, 0) is 11.2 Å². The molecule has 0 aromatic heterocycles. The molecule has 1 saturated carbocycles. The Morgan fingerprint density at radius 3 is 2.75 bits per heavy atom. The van der Waals surface area contributed by atoms with Crippen molar-refractivity contribution in [1.29, 1.82) is 0 Å². The standard InChI is InChI=1S/C17H25NO2/c1-18(15-8-4-3-5-9-15)17(19)12-11-14-7-6-10-16(13-14)20-2/h6-7,10,13,15H,3-5,8-9,11-12H2,1-2H3. The van der Waals surface area contributed by atoms with Crippen LogP contribution in [0.15, 0.2) is 24.3 Å². The summed E-state index contributed by atoms with van der Waals surface area (Å²) in [5.74, 6) is 1.12. The Bertz CT molecular complexity index is 438. The van der Waals surface area contributed by atoms with Crippen LogP contribution in [0.25, 0.3) is 0 Å². The van der Waals surface area contributed by atoms with Crippen molar-refractivity contribution in [3.05, 3.63) is 29.8 Å². The molecule has 3 nitrogen and oxygen atoms in total. The van der Waals surface area contributed by atoms with E-state index in [-0.39, 0.29) is 5.91 Å². The van der Waals surface area contributed by atoms with Gasteiger partial charge in [-0.1, -0.05) is 31.4 Å². The SMILES string of the molecule is COc1cccc(CCC(=O)N(C)C2CCCCC2)c1. The molecule has 1 fully saturated rings. The average molecular weight is 275 g/mol. The second-order valence-electron chi connectivity index (χ2n) is 5.65. The van der Waals surface area contributed by atoms with Gasteiger partial charge in [0.05, 0.1) is 7.11 Å². The fourth-order valence-electron chi connectivity index (χ4n) is 2.93. The Balaban J connectivity index is 1.84. The largest absolute Gasteiger partial charge is 0.497 e. The number of benzene rings is 1. The zero-order valence-corrected chi connectivity index (χ0v) is 12.6. The molecule has 110 valence electrons. The number of methoxy groups -OCH3 is 1. The number of rotatable bonds is 5. The zero-order valence-electron chi connectivity index (χ0n) is 12.6. The lowest BCUT2D eigenvalue weighted by Gasteiger charge is -2.31. The van der Waals surface area contributed by atoms with Gasteiger partial charge in [0, 0.05) is 19.5 Å². The fourth-order valence-corrected chi connectivity index (χ4v) is 2.93. The first-order chi connectivity index (χ1) is 9.70. The Kier molecular flexibility index (Phi) is 5.45. The molecule has 1 amide bonds. The van der Waals surface area contributed by atoms with Crippen molar-refractivity contribution < 1.29 is 9.53 Å². The number of hydrogen-bond acceptors (Lipinski definition) is 2. The van der Waals surface area contributed by atoms with E-state index >= 15 is 0 Å². The molecule has 0 bridgehead atoms. The smallest absolute Gasteiger partial charge is 0.222 e. The summed E-state index contributed by atoms with van der Waals surface area (Å²) in [6, 6.07) is 8.43. The van der Waals surface area contributed by atoms with Crippen LogP contribution in [-0.4, -0.2) is 31.0 Å². The van der Waals surface area contributed by atoms with Crippen molar-refractivity contribution in [2.45, 2.75) is 51.0 Å². The molecule has 1 aromatic rings. The van der Waals surface area contributed by atoms with Gasteiger partial charge >= 0.3 is 0 Å². The summed E-state index contributed by atoms with van der Waals surface area (Å²) in [4.78, 5) is 14.2. The molecular formula is C17H25NO2. The van der Waals surface area contributed by atoms with Crippen LogP contribution in [0.3, 0.4) is 0 Å². The lowest BCUT2D eigenvalue weighted by molar-refractivity contribution is -0.132. The van der Waals surface area contributed by atoms with E-state index in [2.05, 4.69) is 6.07 Å². The first-order valence-corrected chi connectivity index (χ1v) is 7.59. The van der Waals surface area contributed by atoms with Crippen LogP contribution in [0.4, 0.5) is 0 Å². The molecule has 1 aliphatic rings. The highest BCUT2D eigenvalue weighted by Gasteiger charge is 2.21. The van der Waals surface area contributed by atoms with E-state index in [9.17, 15) is 4.79 Å². The molecule has 0 atom stereocenters. The maximum Gasteiger partial charge on any atom is 0.222 e. The maximum atomic E-state index is 12.3. The van der Waals surface area contributed by atoms with Crippen LogP contribution < -0.4 is 4.74 Å². The molecule has 20 heavy (non-hydrogen) atoms. The third kappa shape index (κ3) is 3.99. The minimum Gasteiger partial charge on any atom is -0.497 e. The topological polar surface area (TPSA) is 29.5 Å². The first-order valence-electron chi connectivity index (χ1n) is 7.59. The molecular weight excluding hydrogens is 250 g/mol.